The Hall–Kier alpha value is -2.69. The minimum atomic E-state index is -4.78. The van der Waals surface area contributed by atoms with Crippen LogP contribution in [0, 0.1) is 35.0 Å². The average Bonchev–Trinajstić information content (AvgIpc) is 2.87. The Kier molecular flexibility index (Phi) is 3.48. The molecule has 2 bridgehead atoms. The fraction of sp³-hybridized carbons (Fsp3) is 0.444. The number of hydrogen-bond acceptors (Lipinski definition) is 4. The summed E-state index contributed by atoms with van der Waals surface area (Å²) in [5, 5.41) is 8.88. The number of nitriles is 1. The number of amides is 2. The van der Waals surface area contributed by atoms with Crippen LogP contribution in [-0.4, -0.2) is 17.6 Å². The van der Waals surface area contributed by atoms with Gasteiger partial charge in [-0.2, -0.15) is 18.4 Å². The first kappa shape index (κ1) is 16.8. The van der Waals surface area contributed by atoms with Crippen LogP contribution in [0.1, 0.15) is 30.4 Å². The number of imide groups is 1. The molecule has 134 valence electrons. The molecule has 4 atom stereocenters. The van der Waals surface area contributed by atoms with Crippen molar-refractivity contribution >= 4 is 23.3 Å². The number of Topliss-reactive ketones (excluding diaryl/α,β-unsaturated/α-hetero) is 1. The predicted molar refractivity (Wildman–Crippen MR) is 81.5 cm³/mol. The third kappa shape index (κ3) is 2.19. The highest BCUT2D eigenvalue weighted by Crippen LogP contribution is 2.52. The number of hydrogen-bond donors (Lipinski definition) is 0. The van der Waals surface area contributed by atoms with E-state index in [0.717, 1.165) is 11.0 Å². The van der Waals surface area contributed by atoms with Crippen LogP contribution in [0.2, 0.25) is 0 Å². The summed E-state index contributed by atoms with van der Waals surface area (Å²) in [6.45, 7) is 0. The topological polar surface area (TPSA) is 78.2 Å². The van der Waals surface area contributed by atoms with Crippen molar-refractivity contribution in [3.05, 3.63) is 29.3 Å². The molecular weight excluding hydrogens is 349 g/mol. The molecule has 8 heteroatoms. The van der Waals surface area contributed by atoms with Gasteiger partial charge in [0.1, 0.15) is 5.78 Å². The Morgan fingerprint density at radius 1 is 1.08 bits per heavy atom. The summed E-state index contributed by atoms with van der Waals surface area (Å²) in [6.07, 6.45) is -3.32. The maximum absolute atomic E-state index is 13.2. The normalized spacial score (nSPS) is 30.5. The largest absolute Gasteiger partial charge is 0.417 e. The fourth-order valence-electron chi connectivity index (χ4n) is 4.64. The molecule has 26 heavy (non-hydrogen) atoms. The quantitative estimate of drug-likeness (QED) is 0.720. The van der Waals surface area contributed by atoms with Gasteiger partial charge < -0.3 is 0 Å². The molecule has 4 aliphatic rings. The highest BCUT2D eigenvalue weighted by molar-refractivity contribution is 6.23. The number of alkyl halides is 3. The van der Waals surface area contributed by atoms with Gasteiger partial charge in [-0.15, -0.1) is 0 Å². The molecule has 0 N–H and O–H groups in total. The predicted octanol–water partition coefficient (Wildman–Crippen LogP) is 2.68. The van der Waals surface area contributed by atoms with Crippen molar-refractivity contribution in [2.24, 2.45) is 23.7 Å². The van der Waals surface area contributed by atoms with Gasteiger partial charge in [-0.3, -0.25) is 19.3 Å². The molecule has 5 rings (SSSR count). The molecule has 4 unspecified atom stereocenters. The van der Waals surface area contributed by atoms with Crippen molar-refractivity contribution in [2.75, 3.05) is 4.90 Å². The zero-order valence-corrected chi connectivity index (χ0v) is 13.4. The van der Waals surface area contributed by atoms with Gasteiger partial charge in [0.2, 0.25) is 11.8 Å². The van der Waals surface area contributed by atoms with Gasteiger partial charge in [-0.05, 0) is 37.0 Å². The number of ketones is 1. The van der Waals surface area contributed by atoms with Crippen LogP contribution in [0.25, 0.3) is 0 Å². The molecule has 1 aromatic carbocycles. The first-order chi connectivity index (χ1) is 12.2. The Morgan fingerprint density at radius 3 is 2.38 bits per heavy atom. The van der Waals surface area contributed by atoms with Gasteiger partial charge in [0.25, 0.3) is 0 Å². The molecule has 0 aromatic heterocycles. The summed E-state index contributed by atoms with van der Waals surface area (Å²) >= 11 is 0. The maximum atomic E-state index is 13.2. The summed E-state index contributed by atoms with van der Waals surface area (Å²) in [7, 11) is 0. The number of carbonyl (C=O) groups is 3. The van der Waals surface area contributed by atoms with Crippen molar-refractivity contribution in [1.29, 1.82) is 5.26 Å². The minimum absolute atomic E-state index is 0.0405. The highest BCUT2D eigenvalue weighted by atomic mass is 19.4. The van der Waals surface area contributed by atoms with Crippen molar-refractivity contribution in [3.63, 3.8) is 0 Å². The second-order valence-electron chi connectivity index (χ2n) is 7.02. The molecule has 0 spiro atoms. The summed E-state index contributed by atoms with van der Waals surface area (Å²) in [4.78, 5) is 38.5. The lowest BCUT2D eigenvalue weighted by Crippen LogP contribution is -2.46. The Labute approximate surface area is 146 Å². The van der Waals surface area contributed by atoms with Crippen molar-refractivity contribution in [3.8, 4) is 6.07 Å². The van der Waals surface area contributed by atoms with E-state index in [1.807, 2.05) is 0 Å². The highest BCUT2D eigenvalue weighted by Gasteiger charge is 2.61. The number of anilines is 1. The lowest BCUT2D eigenvalue weighted by atomic mass is 9.59. The second kappa shape index (κ2) is 5.40. The van der Waals surface area contributed by atoms with Crippen LogP contribution >= 0.6 is 0 Å². The molecule has 5 nitrogen and oxygen atoms in total. The summed E-state index contributed by atoms with van der Waals surface area (Å²) in [5.74, 6) is -3.34. The second-order valence-corrected chi connectivity index (χ2v) is 7.02. The molecule has 3 saturated carbocycles. The standard InChI is InChI=1S/C18H13F3N2O3/c19-18(20,21)12-6-10(3-1-9(12)7-22)23-16(25)14-8-2-4-11(13(24)5-8)15(14)17(23)26/h1,3,6,8,11,14-15H,2,4-5H2. The average molecular weight is 362 g/mol. The molecular formula is C18H13F3N2O3. The SMILES string of the molecule is N#Cc1ccc(N2C(=O)C3C4CCC(C(=O)C4)C3C2=O)cc1C(F)(F)F. The van der Waals surface area contributed by atoms with E-state index in [4.69, 9.17) is 5.26 Å². The van der Waals surface area contributed by atoms with Gasteiger partial charge in [-0.25, -0.2) is 0 Å². The van der Waals surface area contributed by atoms with Crippen LogP contribution in [0.15, 0.2) is 18.2 Å². The van der Waals surface area contributed by atoms with E-state index in [-0.39, 0.29) is 23.8 Å². The van der Waals surface area contributed by atoms with Gasteiger partial charge in [0.05, 0.1) is 34.7 Å². The van der Waals surface area contributed by atoms with E-state index in [0.29, 0.717) is 18.9 Å². The first-order valence-electron chi connectivity index (χ1n) is 8.26. The van der Waals surface area contributed by atoms with E-state index in [9.17, 15) is 27.6 Å². The molecule has 1 heterocycles. The summed E-state index contributed by atoms with van der Waals surface area (Å²) < 4.78 is 39.6. The molecule has 1 aliphatic heterocycles. The minimum Gasteiger partial charge on any atom is -0.299 e. The zero-order chi connectivity index (χ0) is 18.8. The Balaban J connectivity index is 1.78. The molecule has 2 amide bonds. The van der Waals surface area contributed by atoms with Gasteiger partial charge in [0, 0.05) is 12.3 Å². The number of rotatable bonds is 1. The molecule has 1 aromatic rings. The van der Waals surface area contributed by atoms with Crippen molar-refractivity contribution in [2.45, 2.75) is 25.4 Å². The van der Waals surface area contributed by atoms with E-state index >= 15 is 0 Å². The molecule has 0 radical (unpaired) electrons. The third-order valence-electron chi connectivity index (χ3n) is 5.75. The van der Waals surface area contributed by atoms with Crippen LogP contribution < -0.4 is 4.90 Å². The van der Waals surface area contributed by atoms with Crippen LogP contribution in [0.5, 0.6) is 0 Å². The Morgan fingerprint density at radius 2 is 1.77 bits per heavy atom. The van der Waals surface area contributed by atoms with Crippen LogP contribution in [-0.2, 0) is 20.6 Å². The third-order valence-corrected chi connectivity index (χ3v) is 5.75. The number of carbonyl (C=O) groups excluding carboxylic acids is 3. The Bertz CT molecular complexity index is 887. The monoisotopic (exact) mass is 362 g/mol. The van der Waals surface area contributed by atoms with E-state index in [1.165, 1.54) is 12.1 Å². The lowest BCUT2D eigenvalue weighted by molar-refractivity contribution is -0.143. The van der Waals surface area contributed by atoms with Crippen molar-refractivity contribution < 1.29 is 27.6 Å². The van der Waals surface area contributed by atoms with Crippen molar-refractivity contribution in [1.82, 2.24) is 0 Å². The number of halogens is 3. The maximum Gasteiger partial charge on any atom is 0.417 e. The van der Waals surface area contributed by atoms with E-state index < -0.39 is 46.9 Å². The lowest BCUT2D eigenvalue weighted by Gasteiger charge is -2.41. The zero-order valence-electron chi connectivity index (χ0n) is 13.4. The van der Waals surface area contributed by atoms with Gasteiger partial charge in [0.15, 0.2) is 0 Å². The summed E-state index contributed by atoms with van der Waals surface area (Å²) in [6, 6.07) is 4.26. The van der Waals surface area contributed by atoms with E-state index in [2.05, 4.69) is 0 Å². The van der Waals surface area contributed by atoms with Crippen LogP contribution in [0.4, 0.5) is 18.9 Å². The molecule has 4 fully saturated rings. The number of fused-ring (bicyclic) bond motifs is 2. The van der Waals surface area contributed by atoms with Crippen LogP contribution in [0.3, 0.4) is 0 Å². The first-order valence-corrected chi connectivity index (χ1v) is 8.26. The molecule has 3 aliphatic carbocycles. The van der Waals surface area contributed by atoms with Gasteiger partial charge in [-0.1, -0.05) is 0 Å². The van der Waals surface area contributed by atoms with E-state index in [1.54, 1.807) is 0 Å². The number of nitrogens with zero attached hydrogens (tertiary/aromatic N) is 2. The summed E-state index contributed by atoms with van der Waals surface area (Å²) in [5.41, 5.74) is -1.97. The smallest absolute Gasteiger partial charge is 0.299 e. The number of benzene rings is 1. The van der Waals surface area contributed by atoms with Gasteiger partial charge >= 0.3 is 6.18 Å². The fourth-order valence-corrected chi connectivity index (χ4v) is 4.64. The molecule has 1 saturated heterocycles.